The molecule has 3 rings (SSSR count). The number of amides is 1. The average Bonchev–Trinajstić information content (AvgIpc) is 2.64. The van der Waals surface area contributed by atoms with Crippen LogP contribution in [0.3, 0.4) is 0 Å². The molecule has 0 fully saturated rings. The molecule has 0 radical (unpaired) electrons. The van der Waals surface area contributed by atoms with E-state index >= 15 is 0 Å². The molecule has 0 aliphatic heterocycles. The van der Waals surface area contributed by atoms with Crippen LogP contribution in [0, 0.1) is 10.1 Å². The van der Waals surface area contributed by atoms with Gasteiger partial charge < -0.3 is 10.1 Å². The van der Waals surface area contributed by atoms with Crippen molar-refractivity contribution in [2.45, 2.75) is 0 Å². The highest BCUT2D eigenvalue weighted by atomic mass is 16.6. The molecule has 25 heavy (non-hydrogen) atoms. The number of carbonyl (C=O) groups is 1. The van der Waals surface area contributed by atoms with Gasteiger partial charge in [-0.15, -0.1) is 0 Å². The van der Waals surface area contributed by atoms with E-state index in [1.54, 1.807) is 42.7 Å². The van der Waals surface area contributed by atoms with Crippen LogP contribution < -0.4 is 10.1 Å². The number of nitrogens with one attached hydrogen (secondary N) is 1. The van der Waals surface area contributed by atoms with Crippen LogP contribution in [0.25, 0.3) is 0 Å². The van der Waals surface area contributed by atoms with Crippen LogP contribution in [-0.4, -0.2) is 20.8 Å². The third-order valence-corrected chi connectivity index (χ3v) is 3.18. The van der Waals surface area contributed by atoms with Crippen LogP contribution in [-0.2, 0) is 0 Å². The first kappa shape index (κ1) is 16.1. The van der Waals surface area contributed by atoms with Gasteiger partial charge in [0, 0.05) is 35.8 Å². The van der Waals surface area contributed by atoms with E-state index in [4.69, 9.17) is 4.74 Å². The van der Waals surface area contributed by atoms with Crippen LogP contribution >= 0.6 is 0 Å². The van der Waals surface area contributed by atoms with Crippen molar-refractivity contribution in [1.82, 2.24) is 9.97 Å². The lowest BCUT2D eigenvalue weighted by Gasteiger charge is -2.07. The maximum atomic E-state index is 12.2. The minimum atomic E-state index is -0.547. The maximum Gasteiger partial charge on any atom is 0.321 e. The lowest BCUT2D eigenvalue weighted by atomic mass is 10.2. The molecule has 8 nitrogen and oxygen atoms in total. The molecule has 0 aliphatic rings. The van der Waals surface area contributed by atoms with E-state index in [1.807, 2.05) is 0 Å². The normalized spacial score (nSPS) is 10.1. The number of anilines is 1. The summed E-state index contributed by atoms with van der Waals surface area (Å²) < 4.78 is 5.46. The van der Waals surface area contributed by atoms with Crippen LogP contribution in [0.5, 0.6) is 11.8 Å². The van der Waals surface area contributed by atoms with E-state index in [2.05, 4.69) is 15.3 Å². The minimum absolute atomic E-state index is 0.140. The highest BCUT2D eigenvalue weighted by Gasteiger charge is 2.11. The standard InChI is InChI=1S/C17H12N4O4/c22-16(12-3-1-4-14(11-12)21(23)24)20-13-5-7-15(8-6-13)25-17-18-9-2-10-19-17/h1-11H,(H,20,22). The maximum absolute atomic E-state index is 12.2. The smallest absolute Gasteiger partial charge is 0.321 e. The van der Waals surface area contributed by atoms with Gasteiger partial charge in [-0.25, -0.2) is 9.97 Å². The number of nitro benzene ring substituents is 1. The summed E-state index contributed by atoms with van der Waals surface area (Å²) in [6, 6.07) is 14.0. The third kappa shape index (κ3) is 4.14. The van der Waals surface area contributed by atoms with Gasteiger partial charge in [0.25, 0.3) is 11.6 Å². The quantitative estimate of drug-likeness (QED) is 0.565. The van der Waals surface area contributed by atoms with Gasteiger partial charge in [0.1, 0.15) is 5.75 Å². The number of aromatic nitrogens is 2. The molecule has 0 aliphatic carbocycles. The first-order chi connectivity index (χ1) is 12.1. The molecular weight excluding hydrogens is 324 g/mol. The molecule has 0 saturated heterocycles. The third-order valence-electron chi connectivity index (χ3n) is 3.18. The Morgan fingerprint density at radius 1 is 1.04 bits per heavy atom. The van der Waals surface area contributed by atoms with Gasteiger partial charge in [-0.3, -0.25) is 14.9 Å². The minimum Gasteiger partial charge on any atom is -0.424 e. The molecule has 3 aromatic rings. The van der Waals surface area contributed by atoms with Crippen LogP contribution in [0.2, 0.25) is 0 Å². The fraction of sp³-hybridized carbons (Fsp3) is 0. The number of carbonyl (C=O) groups excluding carboxylic acids is 1. The van der Waals surface area contributed by atoms with Gasteiger partial charge in [-0.2, -0.15) is 0 Å². The summed E-state index contributed by atoms with van der Waals surface area (Å²) in [5.41, 5.74) is 0.587. The Morgan fingerprint density at radius 2 is 1.76 bits per heavy atom. The van der Waals surface area contributed by atoms with Crippen molar-refractivity contribution in [3.63, 3.8) is 0 Å². The summed E-state index contributed by atoms with van der Waals surface area (Å²) in [5.74, 6) is 0.0725. The van der Waals surface area contributed by atoms with E-state index in [1.165, 1.54) is 24.3 Å². The summed E-state index contributed by atoms with van der Waals surface area (Å²) in [5, 5.41) is 13.4. The van der Waals surface area contributed by atoms with Gasteiger partial charge in [-0.05, 0) is 36.4 Å². The monoisotopic (exact) mass is 336 g/mol. The molecular formula is C17H12N4O4. The van der Waals surface area contributed by atoms with Crippen molar-refractivity contribution in [2.75, 3.05) is 5.32 Å². The number of benzene rings is 2. The molecule has 1 heterocycles. The molecule has 0 bridgehead atoms. The Balaban J connectivity index is 1.68. The summed E-state index contributed by atoms with van der Waals surface area (Å²) in [7, 11) is 0. The zero-order valence-corrected chi connectivity index (χ0v) is 12.8. The first-order valence-electron chi connectivity index (χ1n) is 7.22. The van der Waals surface area contributed by atoms with Gasteiger partial charge in [0.05, 0.1) is 4.92 Å². The molecule has 1 amide bonds. The number of hydrogen-bond donors (Lipinski definition) is 1. The van der Waals surface area contributed by atoms with Crippen molar-refractivity contribution in [2.24, 2.45) is 0 Å². The van der Waals surface area contributed by atoms with Crippen molar-refractivity contribution >= 4 is 17.3 Å². The predicted molar refractivity (Wildman–Crippen MR) is 89.6 cm³/mol. The van der Waals surface area contributed by atoms with Gasteiger partial charge >= 0.3 is 6.01 Å². The summed E-state index contributed by atoms with van der Waals surface area (Å²) >= 11 is 0. The van der Waals surface area contributed by atoms with Crippen molar-refractivity contribution in [1.29, 1.82) is 0 Å². The van der Waals surface area contributed by atoms with Gasteiger partial charge in [-0.1, -0.05) is 6.07 Å². The first-order valence-corrected chi connectivity index (χ1v) is 7.22. The Morgan fingerprint density at radius 3 is 2.44 bits per heavy atom. The lowest BCUT2D eigenvalue weighted by Crippen LogP contribution is -2.11. The molecule has 0 atom stereocenters. The van der Waals surface area contributed by atoms with Gasteiger partial charge in [0.15, 0.2) is 0 Å². The number of rotatable bonds is 5. The predicted octanol–water partition coefficient (Wildman–Crippen LogP) is 3.43. The Kier molecular flexibility index (Phi) is 4.61. The molecule has 1 N–H and O–H groups in total. The number of hydrogen-bond acceptors (Lipinski definition) is 6. The van der Waals surface area contributed by atoms with E-state index in [9.17, 15) is 14.9 Å². The zero-order valence-electron chi connectivity index (χ0n) is 12.8. The van der Waals surface area contributed by atoms with Crippen molar-refractivity contribution in [3.8, 4) is 11.8 Å². The second-order valence-electron chi connectivity index (χ2n) is 4.92. The molecule has 0 spiro atoms. The Bertz CT molecular complexity index is 898. The summed E-state index contributed by atoms with van der Waals surface area (Å²) in [6.07, 6.45) is 3.13. The SMILES string of the molecule is O=C(Nc1ccc(Oc2ncccn2)cc1)c1cccc([N+](=O)[O-])c1. The zero-order chi connectivity index (χ0) is 17.6. The average molecular weight is 336 g/mol. The lowest BCUT2D eigenvalue weighted by molar-refractivity contribution is -0.384. The highest BCUT2D eigenvalue weighted by Crippen LogP contribution is 2.21. The number of ether oxygens (including phenoxy) is 1. The summed E-state index contributed by atoms with van der Waals surface area (Å²) in [4.78, 5) is 30.3. The Hall–Kier alpha value is -3.81. The molecule has 1 aromatic heterocycles. The number of non-ortho nitro benzene ring substituents is 1. The van der Waals surface area contributed by atoms with Crippen LogP contribution in [0.1, 0.15) is 10.4 Å². The second-order valence-corrected chi connectivity index (χ2v) is 4.92. The van der Waals surface area contributed by atoms with E-state index in [0.29, 0.717) is 11.4 Å². The largest absolute Gasteiger partial charge is 0.424 e. The number of nitro groups is 1. The topological polar surface area (TPSA) is 107 Å². The Labute approximate surface area is 142 Å². The van der Waals surface area contributed by atoms with E-state index < -0.39 is 10.8 Å². The fourth-order valence-electron chi connectivity index (χ4n) is 2.01. The van der Waals surface area contributed by atoms with Crippen molar-refractivity contribution in [3.05, 3.63) is 82.7 Å². The highest BCUT2D eigenvalue weighted by molar-refractivity contribution is 6.04. The van der Waals surface area contributed by atoms with Crippen molar-refractivity contribution < 1.29 is 14.5 Å². The molecule has 0 saturated carbocycles. The number of nitrogens with zero attached hydrogens (tertiary/aromatic N) is 3. The molecule has 0 unspecified atom stereocenters. The summed E-state index contributed by atoms with van der Waals surface area (Å²) in [6.45, 7) is 0. The second kappa shape index (κ2) is 7.18. The van der Waals surface area contributed by atoms with Gasteiger partial charge in [0.2, 0.25) is 0 Å². The molecule has 8 heteroatoms. The van der Waals surface area contributed by atoms with E-state index in [0.717, 1.165) is 0 Å². The molecule has 2 aromatic carbocycles. The fourth-order valence-corrected chi connectivity index (χ4v) is 2.01. The van der Waals surface area contributed by atoms with Crippen LogP contribution in [0.15, 0.2) is 67.0 Å². The van der Waals surface area contributed by atoms with E-state index in [-0.39, 0.29) is 17.3 Å². The molecule has 124 valence electrons. The van der Waals surface area contributed by atoms with Crippen LogP contribution in [0.4, 0.5) is 11.4 Å².